The predicted molar refractivity (Wildman–Crippen MR) is 57.2 cm³/mol. The van der Waals surface area contributed by atoms with E-state index in [4.69, 9.17) is 4.74 Å². The molecule has 0 aromatic heterocycles. The lowest BCUT2D eigenvalue weighted by atomic mass is 10.2. The summed E-state index contributed by atoms with van der Waals surface area (Å²) in [6, 6.07) is 0.463. The number of nitrogens with one attached hydrogen (secondary N) is 2. The van der Waals surface area contributed by atoms with Crippen molar-refractivity contribution >= 4 is 5.91 Å². The van der Waals surface area contributed by atoms with Gasteiger partial charge in [-0.05, 0) is 6.42 Å². The van der Waals surface area contributed by atoms with E-state index in [1.165, 1.54) is 0 Å². The topological polar surface area (TPSA) is 50.4 Å². The number of ether oxygens (including phenoxy) is 1. The highest BCUT2D eigenvalue weighted by atomic mass is 16.5. The minimum atomic E-state index is 0.0302. The minimum Gasteiger partial charge on any atom is -0.383 e. The van der Waals surface area contributed by atoms with Gasteiger partial charge in [-0.3, -0.25) is 4.79 Å². The highest BCUT2D eigenvalue weighted by Gasteiger charge is 2.09. The highest BCUT2D eigenvalue weighted by molar-refractivity contribution is 5.78. The molecule has 2 N–H and O–H groups in total. The molecule has 1 amide bonds. The molecule has 0 aliphatic rings. The Morgan fingerprint density at radius 3 is 2.50 bits per heavy atom. The van der Waals surface area contributed by atoms with Crippen LogP contribution >= 0.6 is 0 Å². The van der Waals surface area contributed by atoms with E-state index < -0.39 is 0 Å². The van der Waals surface area contributed by atoms with E-state index in [1.54, 1.807) is 7.11 Å². The maximum absolute atomic E-state index is 11.4. The molecule has 0 fully saturated rings. The van der Waals surface area contributed by atoms with E-state index >= 15 is 0 Å². The van der Waals surface area contributed by atoms with Crippen molar-refractivity contribution in [1.82, 2.24) is 10.6 Å². The molecule has 0 saturated heterocycles. The van der Waals surface area contributed by atoms with Gasteiger partial charge in [0.05, 0.1) is 19.2 Å². The van der Waals surface area contributed by atoms with Crippen molar-refractivity contribution in [3.8, 4) is 0 Å². The molecule has 0 aliphatic heterocycles. The molecule has 1 unspecified atom stereocenters. The van der Waals surface area contributed by atoms with Crippen molar-refractivity contribution < 1.29 is 9.53 Å². The number of hydrogen-bond acceptors (Lipinski definition) is 3. The summed E-state index contributed by atoms with van der Waals surface area (Å²) in [5.74, 6) is 0.0302. The van der Waals surface area contributed by atoms with Crippen LogP contribution in [0.4, 0.5) is 0 Å². The fourth-order valence-corrected chi connectivity index (χ4v) is 1.04. The summed E-state index contributed by atoms with van der Waals surface area (Å²) >= 11 is 0. The van der Waals surface area contributed by atoms with Gasteiger partial charge >= 0.3 is 0 Å². The molecule has 4 heteroatoms. The normalized spacial score (nSPS) is 12.9. The van der Waals surface area contributed by atoms with Crippen LogP contribution in [0.3, 0.4) is 0 Å². The van der Waals surface area contributed by atoms with Gasteiger partial charge < -0.3 is 15.4 Å². The number of rotatable bonds is 7. The van der Waals surface area contributed by atoms with Crippen LogP contribution in [-0.2, 0) is 9.53 Å². The maximum Gasteiger partial charge on any atom is 0.234 e. The Kier molecular flexibility index (Phi) is 7.42. The van der Waals surface area contributed by atoms with Crippen LogP contribution < -0.4 is 10.6 Å². The molecule has 1 atom stereocenters. The SMILES string of the molecule is CCC(COC)NC(=O)CNC(C)C. The van der Waals surface area contributed by atoms with E-state index in [0.717, 1.165) is 6.42 Å². The Labute approximate surface area is 86.4 Å². The standard InChI is InChI=1S/C10H22N2O2/c1-5-9(7-14-4)12-10(13)6-11-8(2)3/h8-9,11H,5-7H2,1-4H3,(H,12,13). The average molecular weight is 202 g/mol. The lowest BCUT2D eigenvalue weighted by Gasteiger charge is -2.16. The van der Waals surface area contributed by atoms with Crippen molar-refractivity contribution in [2.45, 2.75) is 39.3 Å². The van der Waals surface area contributed by atoms with Gasteiger partial charge in [-0.1, -0.05) is 20.8 Å². The van der Waals surface area contributed by atoms with Gasteiger partial charge in [-0.15, -0.1) is 0 Å². The monoisotopic (exact) mass is 202 g/mol. The van der Waals surface area contributed by atoms with Crippen LogP contribution in [-0.4, -0.2) is 38.3 Å². The molecular formula is C10H22N2O2. The van der Waals surface area contributed by atoms with E-state index in [2.05, 4.69) is 10.6 Å². The molecule has 0 saturated carbocycles. The summed E-state index contributed by atoms with van der Waals surface area (Å²) in [5.41, 5.74) is 0. The average Bonchev–Trinajstić information content (AvgIpc) is 2.14. The number of carbonyl (C=O) groups is 1. The van der Waals surface area contributed by atoms with Crippen LogP contribution in [0.15, 0.2) is 0 Å². The van der Waals surface area contributed by atoms with Crippen molar-refractivity contribution in [3.05, 3.63) is 0 Å². The largest absolute Gasteiger partial charge is 0.383 e. The minimum absolute atomic E-state index is 0.0302. The molecule has 0 rings (SSSR count). The number of amides is 1. The molecule has 0 radical (unpaired) electrons. The predicted octanol–water partition coefficient (Wildman–Crippen LogP) is 0.526. The fourth-order valence-electron chi connectivity index (χ4n) is 1.04. The van der Waals surface area contributed by atoms with Crippen LogP contribution in [0.25, 0.3) is 0 Å². The Bertz CT molecular complexity index is 160. The number of methoxy groups -OCH3 is 1. The van der Waals surface area contributed by atoms with Gasteiger partial charge in [0.15, 0.2) is 0 Å². The molecule has 0 bridgehead atoms. The zero-order valence-electron chi connectivity index (χ0n) is 9.59. The summed E-state index contributed by atoms with van der Waals surface area (Å²) in [6.07, 6.45) is 0.890. The van der Waals surface area contributed by atoms with Gasteiger partial charge in [0, 0.05) is 13.2 Å². The van der Waals surface area contributed by atoms with Gasteiger partial charge in [0.1, 0.15) is 0 Å². The first-order chi connectivity index (χ1) is 6.60. The summed E-state index contributed by atoms with van der Waals surface area (Å²) in [5, 5.41) is 5.96. The summed E-state index contributed by atoms with van der Waals surface area (Å²) < 4.78 is 4.99. The second-order valence-electron chi connectivity index (χ2n) is 3.66. The van der Waals surface area contributed by atoms with Gasteiger partial charge in [-0.25, -0.2) is 0 Å². The fraction of sp³-hybridized carbons (Fsp3) is 0.900. The van der Waals surface area contributed by atoms with E-state index in [0.29, 0.717) is 19.2 Å². The van der Waals surface area contributed by atoms with Crippen molar-refractivity contribution in [3.63, 3.8) is 0 Å². The molecule has 0 spiro atoms. The zero-order valence-corrected chi connectivity index (χ0v) is 9.59. The third-order valence-electron chi connectivity index (χ3n) is 1.90. The van der Waals surface area contributed by atoms with E-state index in [-0.39, 0.29) is 11.9 Å². The third-order valence-corrected chi connectivity index (χ3v) is 1.90. The second kappa shape index (κ2) is 7.76. The lowest BCUT2D eigenvalue weighted by molar-refractivity contribution is -0.121. The zero-order chi connectivity index (χ0) is 11.0. The number of carbonyl (C=O) groups excluding carboxylic acids is 1. The van der Waals surface area contributed by atoms with Crippen molar-refractivity contribution in [2.75, 3.05) is 20.3 Å². The molecule has 0 aliphatic carbocycles. The third kappa shape index (κ3) is 6.86. The van der Waals surface area contributed by atoms with Crippen LogP contribution in [0, 0.1) is 0 Å². The van der Waals surface area contributed by atoms with Crippen molar-refractivity contribution in [1.29, 1.82) is 0 Å². The first kappa shape index (κ1) is 13.4. The Morgan fingerprint density at radius 2 is 2.07 bits per heavy atom. The van der Waals surface area contributed by atoms with Crippen LogP contribution in [0.1, 0.15) is 27.2 Å². The quantitative estimate of drug-likeness (QED) is 0.633. The molecule has 0 aromatic rings. The molecule has 84 valence electrons. The van der Waals surface area contributed by atoms with E-state index in [9.17, 15) is 4.79 Å². The molecule has 0 aromatic carbocycles. The molecule has 0 heterocycles. The number of hydrogen-bond donors (Lipinski definition) is 2. The van der Waals surface area contributed by atoms with Gasteiger partial charge in [0.25, 0.3) is 0 Å². The Balaban J connectivity index is 3.67. The summed E-state index contributed by atoms with van der Waals surface area (Å²) in [4.78, 5) is 11.4. The Hall–Kier alpha value is -0.610. The van der Waals surface area contributed by atoms with Gasteiger partial charge in [-0.2, -0.15) is 0 Å². The maximum atomic E-state index is 11.4. The smallest absolute Gasteiger partial charge is 0.234 e. The molecular weight excluding hydrogens is 180 g/mol. The van der Waals surface area contributed by atoms with Crippen LogP contribution in [0.5, 0.6) is 0 Å². The first-order valence-corrected chi connectivity index (χ1v) is 5.11. The molecule has 14 heavy (non-hydrogen) atoms. The lowest BCUT2D eigenvalue weighted by Crippen LogP contribution is -2.43. The van der Waals surface area contributed by atoms with Crippen LogP contribution in [0.2, 0.25) is 0 Å². The molecule has 4 nitrogen and oxygen atoms in total. The summed E-state index contributed by atoms with van der Waals surface area (Å²) in [7, 11) is 1.64. The Morgan fingerprint density at radius 1 is 1.43 bits per heavy atom. The van der Waals surface area contributed by atoms with Gasteiger partial charge in [0.2, 0.25) is 5.91 Å². The second-order valence-corrected chi connectivity index (χ2v) is 3.66. The first-order valence-electron chi connectivity index (χ1n) is 5.11. The van der Waals surface area contributed by atoms with Crippen molar-refractivity contribution in [2.24, 2.45) is 0 Å². The highest BCUT2D eigenvalue weighted by Crippen LogP contribution is 1.90. The van der Waals surface area contributed by atoms with E-state index in [1.807, 2.05) is 20.8 Å². The summed E-state index contributed by atoms with van der Waals surface area (Å²) in [6.45, 7) is 7.00.